The fourth-order valence-corrected chi connectivity index (χ4v) is 3.70. The molecule has 0 aromatic heterocycles. The van der Waals surface area contributed by atoms with Gasteiger partial charge in [-0.3, -0.25) is 10.3 Å². The van der Waals surface area contributed by atoms with Gasteiger partial charge in [0.25, 0.3) is 0 Å². The van der Waals surface area contributed by atoms with E-state index in [9.17, 15) is 0 Å². The molecule has 2 aliphatic rings. The number of fused-ring (bicyclic) bond motifs is 1. The van der Waals surface area contributed by atoms with Crippen LogP contribution in [0.5, 0.6) is 0 Å². The average molecular weight is 223 g/mol. The van der Waals surface area contributed by atoms with E-state index in [2.05, 4.69) is 11.8 Å². The quantitative estimate of drug-likeness (QED) is 0.568. The normalized spacial score (nSPS) is 32.3. The fraction of sp³-hybridized carbons (Fsp3) is 0.923. The molecular weight excluding hydrogens is 198 g/mol. The standard InChI is InChI=1S/C13H25N3/c1-2-11(9-13(14)15)16-8-4-6-10-5-3-7-12(10)16/h10-12H,2-9H2,1H3,(H3,14,15). The molecule has 0 aromatic carbocycles. The number of nitrogens with zero attached hydrogens (tertiary/aromatic N) is 1. The molecule has 3 N–H and O–H groups in total. The molecule has 0 amide bonds. The van der Waals surface area contributed by atoms with Crippen LogP contribution in [0, 0.1) is 11.3 Å². The molecule has 1 heterocycles. The van der Waals surface area contributed by atoms with Gasteiger partial charge < -0.3 is 5.73 Å². The molecule has 0 spiro atoms. The summed E-state index contributed by atoms with van der Waals surface area (Å²) in [6, 6.07) is 1.32. The lowest BCUT2D eigenvalue weighted by atomic mass is 9.89. The minimum atomic E-state index is 0.354. The van der Waals surface area contributed by atoms with Crippen molar-refractivity contribution in [2.75, 3.05) is 6.54 Å². The van der Waals surface area contributed by atoms with Gasteiger partial charge in [-0.15, -0.1) is 0 Å². The Morgan fingerprint density at radius 3 is 2.81 bits per heavy atom. The SMILES string of the molecule is CCC(CC(=N)N)N1CCCC2CCCC21. The van der Waals surface area contributed by atoms with Crippen LogP contribution in [0.15, 0.2) is 0 Å². The van der Waals surface area contributed by atoms with E-state index in [1.54, 1.807) is 0 Å². The Balaban J connectivity index is 2.02. The summed E-state index contributed by atoms with van der Waals surface area (Å²) in [5, 5.41) is 7.49. The molecule has 2 rings (SSSR count). The molecule has 0 radical (unpaired) electrons. The van der Waals surface area contributed by atoms with E-state index in [4.69, 9.17) is 11.1 Å². The van der Waals surface area contributed by atoms with Crippen LogP contribution in [0.25, 0.3) is 0 Å². The van der Waals surface area contributed by atoms with Crippen molar-refractivity contribution in [3.8, 4) is 0 Å². The first-order chi connectivity index (χ1) is 7.72. The van der Waals surface area contributed by atoms with Crippen molar-refractivity contribution in [2.24, 2.45) is 11.7 Å². The zero-order valence-electron chi connectivity index (χ0n) is 10.4. The topological polar surface area (TPSA) is 53.1 Å². The van der Waals surface area contributed by atoms with E-state index in [1.165, 1.54) is 38.6 Å². The number of nitrogens with one attached hydrogen (secondary N) is 1. The molecule has 1 saturated heterocycles. The molecule has 3 nitrogen and oxygen atoms in total. The van der Waals surface area contributed by atoms with Gasteiger partial charge in [-0.2, -0.15) is 0 Å². The molecule has 0 bridgehead atoms. The fourth-order valence-electron chi connectivity index (χ4n) is 3.70. The van der Waals surface area contributed by atoms with Crippen LogP contribution >= 0.6 is 0 Å². The summed E-state index contributed by atoms with van der Waals surface area (Å²) in [6.07, 6.45) is 8.87. The van der Waals surface area contributed by atoms with Gasteiger partial charge >= 0.3 is 0 Å². The van der Waals surface area contributed by atoms with Crippen LogP contribution in [0.2, 0.25) is 0 Å². The van der Waals surface area contributed by atoms with Crippen molar-refractivity contribution in [1.82, 2.24) is 4.90 Å². The van der Waals surface area contributed by atoms with Crippen molar-refractivity contribution in [3.05, 3.63) is 0 Å². The van der Waals surface area contributed by atoms with Gasteiger partial charge in [-0.25, -0.2) is 0 Å². The van der Waals surface area contributed by atoms with Crippen molar-refractivity contribution < 1.29 is 0 Å². The van der Waals surface area contributed by atoms with E-state index in [0.29, 0.717) is 11.9 Å². The molecule has 16 heavy (non-hydrogen) atoms. The Hall–Kier alpha value is -0.570. The monoisotopic (exact) mass is 223 g/mol. The zero-order chi connectivity index (χ0) is 11.5. The lowest BCUT2D eigenvalue weighted by Gasteiger charge is -2.42. The highest BCUT2D eigenvalue weighted by atomic mass is 15.2. The van der Waals surface area contributed by atoms with Gasteiger partial charge in [0.2, 0.25) is 0 Å². The van der Waals surface area contributed by atoms with Gasteiger partial charge in [0.15, 0.2) is 0 Å². The van der Waals surface area contributed by atoms with E-state index < -0.39 is 0 Å². The average Bonchev–Trinajstić information content (AvgIpc) is 2.73. The number of hydrogen-bond acceptors (Lipinski definition) is 2. The first-order valence-electron chi connectivity index (χ1n) is 6.81. The molecule has 2 fully saturated rings. The number of rotatable bonds is 4. The Kier molecular flexibility index (Phi) is 3.85. The molecule has 92 valence electrons. The van der Waals surface area contributed by atoms with Gasteiger partial charge in [0.05, 0.1) is 5.84 Å². The predicted molar refractivity (Wildman–Crippen MR) is 67.7 cm³/mol. The maximum atomic E-state index is 7.49. The zero-order valence-corrected chi connectivity index (χ0v) is 10.4. The van der Waals surface area contributed by atoms with Crippen molar-refractivity contribution >= 4 is 5.84 Å². The van der Waals surface area contributed by atoms with E-state index in [1.807, 2.05) is 0 Å². The third kappa shape index (κ3) is 2.40. The van der Waals surface area contributed by atoms with Crippen LogP contribution in [0.4, 0.5) is 0 Å². The summed E-state index contributed by atoms with van der Waals surface area (Å²) in [7, 11) is 0. The number of piperidine rings is 1. The summed E-state index contributed by atoms with van der Waals surface area (Å²) >= 11 is 0. The van der Waals surface area contributed by atoms with Crippen molar-refractivity contribution in [2.45, 2.75) is 64.0 Å². The summed E-state index contributed by atoms with van der Waals surface area (Å²) in [5.74, 6) is 1.29. The second-order valence-electron chi connectivity index (χ2n) is 5.43. The lowest BCUT2D eigenvalue weighted by molar-refractivity contribution is 0.0680. The van der Waals surface area contributed by atoms with Crippen LogP contribution in [-0.4, -0.2) is 29.4 Å². The highest BCUT2D eigenvalue weighted by Crippen LogP contribution is 2.38. The van der Waals surface area contributed by atoms with Gasteiger partial charge in [0, 0.05) is 18.5 Å². The Labute approximate surface area is 98.9 Å². The molecule has 3 heteroatoms. The first kappa shape index (κ1) is 11.9. The first-order valence-corrected chi connectivity index (χ1v) is 6.81. The number of likely N-dealkylation sites (tertiary alicyclic amines) is 1. The van der Waals surface area contributed by atoms with Crippen LogP contribution in [0.3, 0.4) is 0 Å². The maximum Gasteiger partial charge on any atom is 0.0921 e. The second kappa shape index (κ2) is 5.17. The maximum absolute atomic E-state index is 7.49. The molecule has 0 aromatic rings. The summed E-state index contributed by atoms with van der Waals surface area (Å²) in [5.41, 5.74) is 5.57. The summed E-state index contributed by atoms with van der Waals surface area (Å²) in [4.78, 5) is 2.67. The molecule has 1 saturated carbocycles. The number of amidine groups is 1. The number of hydrogen-bond donors (Lipinski definition) is 2. The van der Waals surface area contributed by atoms with Gasteiger partial charge in [-0.1, -0.05) is 13.3 Å². The van der Waals surface area contributed by atoms with Crippen LogP contribution in [0.1, 0.15) is 51.9 Å². The molecule has 1 aliphatic carbocycles. The minimum absolute atomic E-state index is 0.354. The molecular formula is C13H25N3. The second-order valence-corrected chi connectivity index (χ2v) is 5.43. The Morgan fingerprint density at radius 1 is 1.38 bits per heavy atom. The van der Waals surface area contributed by atoms with Crippen LogP contribution < -0.4 is 5.73 Å². The Morgan fingerprint density at radius 2 is 2.12 bits per heavy atom. The lowest BCUT2D eigenvalue weighted by Crippen LogP contribution is -2.49. The van der Waals surface area contributed by atoms with E-state index in [-0.39, 0.29) is 0 Å². The predicted octanol–water partition coefficient (Wildman–Crippen LogP) is 2.36. The number of nitrogens with two attached hydrogens (primary N) is 1. The smallest absolute Gasteiger partial charge is 0.0921 e. The van der Waals surface area contributed by atoms with Crippen LogP contribution in [-0.2, 0) is 0 Å². The molecule has 3 unspecified atom stereocenters. The van der Waals surface area contributed by atoms with Gasteiger partial charge in [-0.05, 0) is 44.6 Å². The third-order valence-corrected chi connectivity index (χ3v) is 4.43. The largest absolute Gasteiger partial charge is 0.388 e. The minimum Gasteiger partial charge on any atom is -0.388 e. The van der Waals surface area contributed by atoms with E-state index in [0.717, 1.165) is 24.8 Å². The van der Waals surface area contributed by atoms with E-state index >= 15 is 0 Å². The highest BCUT2D eigenvalue weighted by Gasteiger charge is 2.37. The molecule has 1 aliphatic heterocycles. The van der Waals surface area contributed by atoms with Crippen molar-refractivity contribution in [1.29, 1.82) is 5.41 Å². The molecule has 3 atom stereocenters. The van der Waals surface area contributed by atoms with Crippen molar-refractivity contribution in [3.63, 3.8) is 0 Å². The third-order valence-electron chi connectivity index (χ3n) is 4.43. The summed E-state index contributed by atoms with van der Waals surface area (Å²) < 4.78 is 0. The highest BCUT2D eigenvalue weighted by molar-refractivity contribution is 5.77. The summed E-state index contributed by atoms with van der Waals surface area (Å²) in [6.45, 7) is 3.46. The Bertz CT molecular complexity index is 252. The van der Waals surface area contributed by atoms with Gasteiger partial charge in [0.1, 0.15) is 0 Å².